The first-order chi connectivity index (χ1) is 8.67. The van der Waals surface area contributed by atoms with Crippen LogP contribution in [0.3, 0.4) is 0 Å². The quantitative estimate of drug-likeness (QED) is 0.794. The fourth-order valence-corrected chi connectivity index (χ4v) is 1.49. The molecular weight excluding hydrogens is 234 g/mol. The molecule has 0 saturated carbocycles. The third-order valence-electron chi connectivity index (χ3n) is 2.25. The van der Waals surface area contributed by atoms with E-state index in [1.165, 1.54) is 0 Å². The minimum absolute atomic E-state index is 0.0382. The van der Waals surface area contributed by atoms with E-state index in [9.17, 15) is 4.79 Å². The van der Waals surface area contributed by atoms with Gasteiger partial charge in [-0.15, -0.1) is 0 Å². The highest BCUT2D eigenvalue weighted by Crippen LogP contribution is 2.25. The van der Waals surface area contributed by atoms with E-state index in [0.29, 0.717) is 18.1 Å². The number of para-hydroxylation sites is 2. The number of benzene rings is 1. The van der Waals surface area contributed by atoms with Gasteiger partial charge in [0.2, 0.25) is 0 Å². The minimum atomic E-state index is -0.189. The number of hydrogen-bond donors (Lipinski definition) is 1. The monoisotopic (exact) mass is 253 g/mol. The van der Waals surface area contributed by atoms with E-state index in [4.69, 9.17) is 14.2 Å². The van der Waals surface area contributed by atoms with Crippen LogP contribution in [0.25, 0.3) is 0 Å². The highest BCUT2D eigenvalue weighted by molar-refractivity contribution is 5.77. The van der Waals surface area contributed by atoms with Crippen molar-refractivity contribution < 1.29 is 19.0 Å². The Morgan fingerprint density at radius 2 is 1.94 bits per heavy atom. The first-order valence-electron chi connectivity index (χ1n) is 5.71. The molecule has 1 rings (SSSR count). The van der Waals surface area contributed by atoms with Crippen LogP contribution in [0.2, 0.25) is 0 Å². The van der Waals surface area contributed by atoms with Crippen molar-refractivity contribution in [3.8, 4) is 11.5 Å². The Hall–Kier alpha value is -1.75. The van der Waals surface area contributed by atoms with Crippen molar-refractivity contribution in [1.82, 2.24) is 5.32 Å². The second kappa shape index (κ2) is 7.55. The predicted octanol–water partition coefficient (Wildman–Crippen LogP) is 1.23. The van der Waals surface area contributed by atoms with Gasteiger partial charge in [0, 0.05) is 13.2 Å². The van der Waals surface area contributed by atoms with Gasteiger partial charge in [-0.25, -0.2) is 0 Å². The molecule has 0 saturated heterocycles. The Bertz CT molecular complexity index is 381. The van der Waals surface area contributed by atoms with Gasteiger partial charge in [0.15, 0.2) is 18.1 Å². The third-order valence-corrected chi connectivity index (χ3v) is 2.25. The summed E-state index contributed by atoms with van der Waals surface area (Å²) >= 11 is 0. The molecule has 0 aliphatic rings. The van der Waals surface area contributed by atoms with Crippen LogP contribution in [0.4, 0.5) is 0 Å². The molecular formula is C13H19NO4. The second-order valence-corrected chi connectivity index (χ2v) is 3.86. The van der Waals surface area contributed by atoms with Crippen molar-refractivity contribution >= 4 is 5.91 Å². The number of ether oxygens (including phenoxy) is 3. The number of rotatable bonds is 7. The van der Waals surface area contributed by atoms with E-state index in [1.807, 2.05) is 19.1 Å². The van der Waals surface area contributed by atoms with Crippen molar-refractivity contribution in [3.05, 3.63) is 24.3 Å². The van der Waals surface area contributed by atoms with Crippen LogP contribution in [0.1, 0.15) is 6.92 Å². The number of methoxy groups -OCH3 is 2. The predicted molar refractivity (Wildman–Crippen MR) is 68.0 cm³/mol. The van der Waals surface area contributed by atoms with Crippen LogP contribution >= 0.6 is 0 Å². The molecule has 5 heteroatoms. The summed E-state index contributed by atoms with van der Waals surface area (Å²) in [5.74, 6) is 0.968. The van der Waals surface area contributed by atoms with E-state index in [0.717, 1.165) is 0 Å². The summed E-state index contributed by atoms with van der Waals surface area (Å²) in [6.07, 6.45) is 0. The summed E-state index contributed by atoms with van der Waals surface area (Å²) in [5, 5.41) is 2.76. The van der Waals surface area contributed by atoms with E-state index < -0.39 is 0 Å². The van der Waals surface area contributed by atoms with Crippen molar-refractivity contribution in [3.63, 3.8) is 0 Å². The molecule has 100 valence electrons. The molecule has 0 aromatic heterocycles. The van der Waals surface area contributed by atoms with Gasteiger partial charge in [-0.2, -0.15) is 0 Å². The third kappa shape index (κ3) is 4.63. The minimum Gasteiger partial charge on any atom is -0.493 e. The van der Waals surface area contributed by atoms with Gasteiger partial charge >= 0.3 is 0 Å². The molecule has 1 amide bonds. The van der Waals surface area contributed by atoms with Crippen molar-refractivity contribution in [2.45, 2.75) is 13.0 Å². The zero-order valence-corrected chi connectivity index (χ0v) is 10.9. The summed E-state index contributed by atoms with van der Waals surface area (Å²) in [5.41, 5.74) is 0. The molecule has 1 atom stereocenters. The molecule has 0 aliphatic heterocycles. The van der Waals surface area contributed by atoms with Crippen LogP contribution in [0, 0.1) is 0 Å². The van der Waals surface area contributed by atoms with Crippen LogP contribution in [-0.4, -0.2) is 39.4 Å². The normalized spacial score (nSPS) is 11.7. The first-order valence-corrected chi connectivity index (χ1v) is 5.71. The molecule has 1 N–H and O–H groups in total. The Kier molecular flexibility index (Phi) is 6.00. The van der Waals surface area contributed by atoms with Crippen molar-refractivity contribution in [2.75, 3.05) is 27.4 Å². The molecule has 0 spiro atoms. The summed E-state index contributed by atoms with van der Waals surface area (Å²) < 4.78 is 15.4. The van der Waals surface area contributed by atoms with E-state index >= 15 is 0 Å². The van der Waals surface area contributed by atoms with Crippen LogP contribution in [-0.2, 0) is 9.53 Å². The summed E-state index contributed by atoms with van der Waals surface area (Å²) in [6, 6.07) is 7.16. The summed E-state index contributed by atoms with van der Waals surface area (Å²) in [6.45, 7) is 2.29. The molecule has 0 unspecified atom stereocenters. The van der Waals surface area contributed by atoms with E-state index in [2.05, 4.69) is 5.32 Å². The molecule has 0 bridgehead atoms. The van der Waals surface area contributed by atoms with E-state index in [1.54, 1.807) is 26.4 Å². The highest BCUT2D eigenvalue weighted by atomic mass is 16.5. The lowest BCUT2D eigenvalue weighted by atomic mass is 10.3. The maximum atomic E-state index is 11.6. The van der Waals surface area contributed by atoms with Gasteiger partial charge in [-0.05, 0) is 19.1 Å². The van der Waals surface area contributed by atoms with Gasteiger partial charge in [0.05, 0.1) is 13.7 Å². The fraction of sp³-hybridized carbons (Fsp3) is 0.462. The molecule has 0 radical (unpaired) electrons. The molecule has 0 heterocycles. The van der Waals surface area contributed by atoms with E-state index in [-0.39, 0.29) is 18.6 Å². The standard InChI is InChI=1S/C13H19NO4/c1-10(8-16-2)14-13(15)9-18-12-7-5-4-6-11(12)17-3/h4-7,10H,8-9H2,1-3H3,(H,14,15)/t10-/m1/s1. The Morgan fingerprint density at radius 1 is 1.28 bits per heavy atom. The van der Waals surface area contributed by atoms with Gasteiger partial charge in [0.25, 0.3) is 5.91 Å². The number of carbonyl (C=O) groups is 1. The lowest BCUT2D eigenvalue weighted by Crippen LogP contribution is -2.38. The average molecular weight is 253 g/mol. The SMILES string of the molecule is COC[C@@H](C)NC(=O)COc1ccccc1OC. The fourth-order valence-electron chi connectivity index (χ4n) is 1.49. The number of amides is 1. The van der Waals surface area contributed by atoms with Gasteiger partial charge in [0.1, 0.15) is 0 Å². The molecule has 0 fully saturated rings. The summed E-state index contributed by atoms with van der Waals surface area (Å²) in [4.78, 5) is 11.6. The van der Waals surface area contributed by atoms with Crippen molar-refractivity contribution in [2.24, 2.45) is 0 Å². The number of hydrogen-bond acceptors (Lipinski definition) is 4. The molecule has 1 aromatic rings. The Balaban J connectivity index is 2.42. The Morgan fingerprint density at radius 3 is 2.56 bits per heavy atom. The molecule has 1 aromatic carbocycles. The zero-order chi connectivity index (χ0) is 13.4. The van der Waals surface area contributed by atoms with Crippen molar-refractivity contribution in [1.29, 1.82) is 0 Å². The van der Waals surface area contributed by atoms with Gasteiger partial charge in [-0.3, -0.25) is 4.79 Å². The van der Waals surface area contributed by atoms with Crippen LogP contribution in [0.15, 0.2) is 24.3 Å². The maximum Gasteiger partial charge on any atom is 0.258 e. The molecule has 18 heavy (non-hydrogen) atoms. The lowest BCUT2D eigenvalue weighted by molar-refractivity contribution is -0.124. The first kappa shape index (κ1) is 14.3. The molecule has 5 nitrogen and oxygen atoms in total. The maximum absolute atomic E-state index is 11.6. The topological polar surface area (TPSA) is 56.8 Å². The average Bonchev–Trinajstić information content (AvgIpc) is 2.37. The number of nitrogens with one attached hydrogen (secondary N) is 1. The van der Waals surface area contributed by atoms with Crippen LogP contribution < -0.4 is 14.8 Å². The lowest BCUT2D eigenvalue weighted by Gasteiger charge is -2.14. The highest BCUT2D eigenvalue weighted by Gasteiger charge is 2.09. The smallest absolute Gasteiger partial charge is 0.258 e. The van der Waals surface area contributed by atoms with Gasteiger partial charge in [-0.1, -0.05) is 12.1 Å². The summed E-state index contributed by atoms with van der Waals surface area (Å²) in [7, 11) is 3.15. The second-order valence-electron chi connectivity index (χ2n) is 3.86. The van der Waals surface area contributed by atoms with Crippen LogP contribution in [0.5, 0.6) is 11.5 Å². The molecule has 0 aliphatic carbocycles. The van der Waals surface area contributed by atoms with Gasteiger partial charge < -0.3 is 19.5 Å². The zero-order valence-electron chi connectivity index (χ0n) is 10.9. The Labute approximate surface area is 107 Å². The largest absolute Gasteiger partial charge is 0.493 e. The number of carbonyl (C=O) groups excluding carboxylic acids is 1.